The molecule has 6 nitrogen and oxygen atoms in total. The molecule has 20 heavy (non-hydrogen) atoms. The molecule has 1 aliphatic rings. The lowest BCUT2D eigenvalue weighted by Gasteiger charge is -2.26. The van der Waals surface area contributed by atoms with Crippen LogP contribution in [0.3, 0.4) is 0 Å². The zero-order valence-electron chi connectivity index (χ0n) is 12.4. The quantitative estimate of drug-likeness (QED) is 0.754. The summed E-state index contributed by atoms with van der Waals surface area (Å²) >= 11 is 0. The Bertz CT molecular complexity index is 445. The minimum Gasteiger partial charge on any atom is -0.464 e. The minimum absolute atomic E-state index is 0.246. The zero-order chi connectivity index (χ0) is 14.5. The largest absolute Gasteiger partial charge is 0.464 e. The molecular weight excluding hydrogens is 256 g/mol. The molecule has 2 rings (SSSR count). The van der Waals surface area contributed by atoms with Crippen LogP contribution in [0.2, 0.25) is 0 Å². The number of nitrogens with zero attached hydrogens (tertiary/aromatic N) is 4. The van der Waals surface area contributed by atoms with Crippen molar-refractivity contribution in [3.63, 3.8) is 0 Å². The first-order valence-corrected chi connectivity index (χ1v) is 7.08. The van der Waals surface area contributed by atoms with Crippen LogP contribution in [0.5, 0.6) is 0 Å². The summed E-state index contributed by atoms with van der Waals surface area (Å²) in [6, 6.07) is 0.576. The van der Waals surface area contributed by atoms with Gasteiger partial charge in [-0.15, -0.1) is 0 Å². The molecule has 1 aromatic rings. The van der Waals surface area contributed by atoms with Gasteiger partial charge in [-0.1, -0.05) is 13.8 Å². The number of ether oxygens (including phenoxy) is 1. The van der Waals surface area contributed by atoms with Gasteiger partial charge in [-0.2, -0.15) is 0 Å². The van der Waals surface area contributed by atoms with E-state index in [2.05, 4.69) is 38.4 Å². The molecule has 0 radical (unpaired) electrons. The second kappa shape index (κ2) is 6.65. The summed E-state index contributed by atoms with van der Waals surface area (Å²) < 4.78 is 4.62. The van der Waals surface area contributed by atoms with E-state index in [1.165, 1.54) is 13.3 Å². The van der Waals surface area contributed by atoms with Crippen LogP contribution in [0, 0.1) is 0 Å². The maximum Gasteiger partial charge on any atom is 0.358 e. The number of carbonyl (C=O) groups excluding carboxylic acids is 1. The normalized spacial score (nSPS) is 18.6. The molecule has 1 aromatic heterocycles. The lowest BCUT2D eigenvalue weighted by molar-refractivity contribution is 0.0593. The standard InChI is InChI=1S/C14H22N4O2/c1-4-17(5-2)11-6-7-18(10-11)13-9-15-12(8-16-13)14(19)20-3/h8-9,11H,4-7,10H2,1-3H3. The molecule has 6 heteroatoms. The number of methoxy groups -OCH3 is 1. The Labute approximate surface area is 119 Å². The maximum absolute atomic E-state index is 11.3. The second-order valence-electron chi connectivity index (χ2n) is 4.86. The number of anilines is 1. The van der Waals surface area contributed by atoms with E-state index >= 15 is 0 Å². The van der Waals surface area contributed by atoms with Crippen molar-refractivity contribution in [1.29, 1.82) is 0 Å². The summed E-state index contributed by atoms with van der Waals surface area (Å²) in [6.07, 6.45) is 4.27. The number of hydrogen-bond acceptors (Lipinski definition) is 6. The number of rotatable bonds is 5. The van der Waals surface area contributed by atoms with Gasteiger partial charge in [0.2, 0.25) is 0 Å². The molecule has 0 saturated carbocycles. The summed E-state index contributed by atoms with van der Waals surface area (Å²) in [5.41, 5.74) is 0.246. The highest BCUT2D eigenvalue weighted by Crippen LogP contribution is 2.20. The molecule has 1 atom stereocenters. The average Bonchev–Trinajstić information content (AvgIpc) is 2.97. The van der Waals surface area contributed by atoms with E-state index < -0.39 is 5.97 Å². The van der Waals surface area contributed by atoms with E-state index in [-0.39, 0.29) is 5.69 Å². The van der Waals surface area contributed by atoms with Gasteiger partial charge in [0.1, 0.15) is 5.82 Å². The molecule has 0 aromatic carbocycles. The van der Waals surface area contributed by atoms with E-state index in [1.54, 1.807) is 6.20 Å². The van der Waals surface area contributed by atoms with Gasteiger partial charge in [0.05, 0.1) is 19.5 Å². The first-order valence-electron chi connectivity index (χ1n) is 7.08. The van der Waals surface area contributed by atoms with Gasteiger partial charge in [0.25, 0.3) is 0 Å². The highest BCUT2D eigenvalue weighted by atomic mass is 16.5. The van der Waals surface area contributed by atoms with Gasteiger partial charge >= 0.3 is 5.97 Å². The van der Waals surface area contributed by atoms with Crippen molar-refractivity contribution < 1.29 is 9.53 Å². The van der Waals surface area contributed by atoms with Crippen LogP contribution in [0.1, 0.15) is 30.8 Å². The fourth-order valence-electron chi connectivity index (χ4n) is 2.68. The van der Waals surface area contributed by atoms with Crippen LogP contribution in [0.4, 0.5) is 5.82 Å². The zero-order valence-corrected chi connectivity index (χ0v) is 12.4. The highest BCUT2D eigenvalue weighted by molar-refractivity contribution is 5.86. The molecular formula is C14H22N4O2. The fourth-order valence-corrected chi connectivity index (χ4v) is 2.68. The molecule has 2 heterocycles. The van der Waals surface area contributed by atoms with Gasteiger partial charge in [0, 0.05) is 19.1 Å². The summed E-state index contributed by atoms with van der Waals surface area (Å²) in [7, 11) is 1.34. The number of hydrogen-bond donors (Lipinski definition) is 0. The Morgan fingerprint density at radius 2 is 2.15 bits per heavy atom. The third kappa shape index (κ3) is 3.07. The third-order valence-electron chi connectivity index (χ3n) is 3.85. The van der Waals surface area contributed by atoms with Gasteiger partial charge in [-0.25, -0.2) is 14.8 Å². The Hall–Kier alpha value is -1.69. The first kappa shape index (κ1) is 14.7. The molecule has 0 bridgehead atoms. The van der Waals surface area contributed by atoms with Crippen molar-refractivity contribution in [1.82, 2.24) is 14.9 Å². The van der Waals surface area contributed by atoms with Crippen molar-refractivity contribution >= 4 is 11.8 Å². The lowest BCUT2D eigenvalue weighted by Crippen LogP contribution is -2.37. The molecule has 0 spiro atoms. The summed E-state index contributed by atoms with van der Waals surface area (Å²) in [4.78, 5) is 24.4. The van der Waals surface area contributed by atoms with E-state index in [9.17, 15) is 4.79 Å². The Kier molecular flexibility index (Phi) is 4.89. The number of aromatic nitrogens is 2. The SMILES string of the molecule is CCN(CC)C1CCN(c2cnc(C(=O)OC)cn2)C1. The van der Waals surface area contributed by atoms with Crippen LogP contribution in [0.25, 0.3) is 0 Å². The Morgan fingerprint density at radius 1 is 1.40 bits per heavy atom. The van der Waals surface area contributed by atoms with E-state index in [0.717, 1.165) is 38.4 Å². The molecule has 1 aliphatic heterocycles. The van der Waals surface area contributed by atoms with E-state index in [4.69, 9.17) is 0 Å². The van der Waals surface area contributed by atoms with Crippen LogP contribution >= 0.6 is 0 Å². The van der Waals surface area contributed by atoms with E-state index in [1.807, 2.05) is 0 Å². The second-order valence-corrected chi connectivity index (χ2v) is 4.86. The molecule has 1 fully saturated rings. The Morgan fingerprint density at radius 3 is 2.70 bits per heavy atom. The van der Waals surface area contributed by atoms with Crippen molar-refractivity contribution in [2.24, 2.45) is 0 Å². The topological polar surface area (TPSA) is 58.6 Å². The molecule has 0 aliphatic carbocycles. The smallest absolute Gasteiger partial charge is 0.358 e. The highest BCUT2D eigenvalue weighted by Gasteiger charge is 2.27. The predicted octanol–water partition coefficient (Wildman–Crippen LogP) is 1.18. The molecule has 0 N–H and O–H groups in total. The fraction of sp³-hybridized carbons (Fsp3) is 0.643. The third-order valence-corrected chi connectivity index (χ3v) is 3.85. The summed E-state index contributed by atoms with van der Waals surface area (Å²) in [5.74, 6) is 0.374. The first-order chi connectivity index (χ1) is 9.69. The van der Waals surface area contributed by atoms with E-state index in [0.29, 0.717) is 6.04 Å². The monoisotopic (exact) mass is 278 g/mol. The number of likely N-dealkylation sites (N-methyl/N-ethyl adjacent to an activating group) is 1. The molecule has 1 saturated heterocycles. The van der Waals surface area contributed by atoms with Crippen LogP contribution in [-0.4, -0.2) is 60.2 Å². The van der Waals surface area contributed by atoms with Crippen LogP contribution < -0.4 is 4.90 Å². The van der Waals surface area contributed by atoms with Crippen molar-refractivity contribution in [3.8, 4) is 0 Å². The molecule has 1 unspecified atom stereocenters. The van der Waals surface area contributed by atoms with Gasteiger partial charge in [-0.05, 0) is 19.5 Å². The van der Waals surface area contributed by atoms with Gasteiger partial charge in [-0.3, -0.25) is 4.90 Å². The Balaban J connectivity index is 2.01. The number of esters is 1. The van der Waals surface area contributed by atoms with Crippen molar-refractivity contribution in [2.75, 3.05) is 38.2 Å². The van der Waals surface area contributed by atoms with Gasteiger partial charge < -0.3 is 9.64 Å². The van der Waals surface area contributed by atoms with Gasteiger partial charge in [0.15, 0.2) is 5.69 Å². The minimum atomic E-state index is -0.452. The molecule has 0 amide bonds. The number of carbonyl (C=O) groups is 1. The lowest BCUT2D eigenvalue weighted by atomic mass is 10.2. The van der Waals surface area contributed by atoms with Crippen molar-refractivity contribution in [2.45, 2.75) is 26.3 Å². The maximum atomic E-state index is 11.3. The summed E-state index contributed by atoms with van der Waals surface area (Å²) in [6.45, 7) is 8.47. The van der Waals surface area contributed by atoms with Crippen molar-refractivity contribution in [3.05, 3.63) is 18.1 Å². The predicted molar refractivity (Wildman–Crippen MR) is 76.9 cm³/mol. The van der Waals surface area contributed by atoms with Crippen LogP contribution in [-0.2, 0) is 4.74 Å². The average molecular weight is 278 g/mol. The summed E-state index contributed by atoms with van der Waals surface area (Å²) in [5, 5.41) is 0. The van der Waals surface area contributed by atoms with Crippen LogP contribution in [0.15, 0.2) is 12.4 Å². The molecule has 110 valence electrons.